The van der Waals surface area contributed by atoms with E-state index in [9.17, 15) is 14.4 Å². The Bertz CT molecular complexity index is 994. The zero-order valence-corrected chi connectivity index (χ0v) is 16.3. The first-order valence-electron chi connectivity index (χ1n) is 8.88. The third-order valence-electron chi connectivity index (χ3n) is 5.16. The lowest BCUT2D eigenvalue weighted by atomic mass is 9.76. The molecule has 0 radical (unpaired) electrons. The highest BCUT2D eigenvalue weighted by Gasteiger charge is 2.54. The van der Waals surface area contributed by atoms with E-state index in [-0.39, 0.29) is 6.54 Å². The van der Waals surface area contributed by atoms with Crippen molar-refractivity contribution in [2.75, 3.05) is 11.9 Å². The number of anilines is 1. The standard InChI is InChI=1S/C20H17Cl2N3O3/c21-15-8-7-13(10-16(15)22)23-17(26)11-25-18(27)20(24-19(25)28)9-3-5-12-4-1-2-6-14(12)20/h1-2,4,6-8,10H,3,5,9,11H2,(H,23,26)(H,24,28). The van der Waals surface area contributed by atoms with E-state index in [4.69, 9.17) is 23.2 Å². The summed E-state index contributed by atoms with van der Waals surface area (Å²) >= 11 is 11.8. The van der Waals surface area contributed by atoms with Crippen molar-refractivity contribution in [3.8, 4) is 0 Å². The van der Waals surface area contributed by atoms with Gasteiger partial charge in [0.2, 0.25) is 5.91 Å². The van der Waals surface area contributed by atoms with Gasteiger partial charge in [-0.25, -0.2) is 4.79 Å². The van der Waals surface area contributed by atoms with Crippen LogP contribution in [0.2, 0.25) is 10.0 Å². The molecule has 2 aromatic carbocycles. The predicted octanol–water partition coefficient (Wildman–Crippen LogP) is 3.72. The van der Waals surface area contributed by atoms with Gasteiger partial charge in [0, 0.05) is 5.69 Å². The number of amides is 4. The number of hydrogen-bond donors (Lipinski definition) is 2. The van der Waals surface area contributed by atoms with Crippen molar-refractivity contribution in [2.45, 2.75) is 24.8 Å². The summed E-state index contributed by atoms with van der Waals surface area (Å²) < 4.78 is 0. The number of fused-ring (bicyclic) bond motifs is 2. The number of imide groups is 1. The fourth-order valence-corrected chi connectivity index (χ4v) is 4.17. The van der Waals surface area contributed by atoms with Crippen molar-refractivity contribution >= 4 is 46.7 Å². The normalized spacial score (nSPS) is 20.9. The lowest BCUT2D eigenvalue weighted by molar-refractivity contribution is -0.134. The Labute approximate surface area is 171 Å². The number of nitrogens with one attached hydrogen (secondary N) is 2. The SMILES string of the molecule is O=C(CN1C(=O)NC2(CCCc3ccccc32)C1=O)Nc1ccc(Cl)c(Cl)c1. The van der Waals surface area contributed by atoms with Gasteiger partial charge >= 0.3 is 6.03 Å². The largest absolute Gasteiger partial charge is 0.325 e. The van der Waals surface area contributed by atoms with Crippen LogP contribution >= 0.6 is 23.2 Å². The second kappa shape index (κ2) is 7.11. The first-order chi connectivity index (χ1) is 13.4. The molecule has 1 saturated heterocycles. The van der Waals surface area contributed by atoms with Gasteiger partial charge in [-0.1, -0.05) is 47.5 Å². The summed E-state index contributed by atoms with van der Waals surface area (Å²) in [6.07, 6.45) is 2.16. The average Bonchev–Trinajstić information content (AvgIpc) is 2.90. The van der Waals surface area contributed by atoms with Gasteiger partial charge in [0.25, 0.3) is 5.91 Å². The molecule has 1 heterocycles. The highest BCUT2D eigenvalue weighted by atomic mass is 35.5. The number of halogens is 2. The van der Waals surface area contributed by atoms with Crippen LogP contribution in [0.1, 0.15) is 24.0 Å². The molecule has 0 aromatic heterocycles. The monoisotopic (exact) mass is 417 g/mol. The molecule has 1 spiro atoms. The Balaban J connectivity index is 1.54. The highest BCUT2D eigenvalue weighted by molar-refractivity contribution is 6.42. The van der Waals surface area contributed by atoms with Crippen molar-refractivity contribution in [2.24, 2.45) is 0 Å². The summed E-state index contributed by atoms with van der Waals surface area (Å²) in [4.78, 5) is 39.1. The van der Waals surface area contributed by atoms with Crippen LogP contribution in [0.5, 0.6) is 0 Å². The van der Waals surface area contributed by atoms with Crippen LogP contribution in [0.25, 0.3) is 0 Å². The van der Waals surface area contributed by atoms with Crippen molar-refractivity contribution < 1.29 is 14.4 Å². The summed E-state index contributed by atoms with van der Waals surface area (Å²) in [6, 6.07) is 11.7. The van der Waals surface area contributed by atoms with Crippen molar-refractivity contribution in [3.05, 3.63) is 63.6 Å². The molecular formula is C20H17Cl2N3O3. The van der Waals surface area contributed by atoms with Crippen LogP contribution in [0, 0.1) is 0 Å². The first kappa shape index (κ1) is 18.8. The Morgan fingerprint density at radius 3 is 2.71 bits per heavy atom. The molecule has 1 aliphatic heterocycles. The van der Waals surface area contributed by atoms with E-state index in [0.29, 0.717) is 22.2 Å². The second-order valence-corrected chi connectivity index (χ2v) is 7.73. The molecule has 1 aliphatic carbocycles. The van der Waals surface area contributed by atoms with E-state index in [0.717, 1.165) is 28.9 Å². The fraction of sp³-hybridized carbons (Fsp3) is 0.250. The number of hydrogen-bond acceptors (Lipinski definition) is 3. The smallest absolute Gasteiger partial charge is 0.324 e. The average molecular weight is 418 g/mol. The quantitative estimate of drug-likeness (QED) is 0.746. The lowest BCUT2D eigenvalue weighted by Gasteiger charge is -2.33. The molecule has 2 N–H and O–H groups in total. The van der Waals surface area contributed by atoms with E-state index in [1.165, 1.54) is 6.07 Å². The van der Waals surface area contributed by atoms with Crippen LogP contribution in [0.15, 0.2) is 42.5 Å². The van der Waals surface area contributed by atoms with Gasteiger partial charge in [0.05, 0.1) is 10.0 Å². The summed E-state index contributed by atoms with van der Waals surface area (Å²) in [7, 11) is 0. The van der Waals surface area contributed by atoms with Gasteiger partial charge in [-0.3, -0.25) is 14.5 Å². The molecule has 2 aromatic rings. The minimum Gasteiger partial charge on any atom is -0.324 e. The molecule has 1 unspecified atom stereocenters. The summed E-state index contributed by atoms with van der Waals surface area (Å²) in [6.45, 7) is -0.380. The number of urea groups is 1. The Kier molecular flexibility index (Phi) is 4.77. The molecule has 6 nitrogen and oxygen atoms in total. The zero-order chi connectivity index (χ0) is 19.9. The Morgan fingerprint density at radius 2 is 1.93 bits per heavy atom. The molecular weight excluding hydrogens is 401 g/mol. The van der Waals surface area contributed by atoms with Crippen LogP contribution in [0.3, 0.4) is 0 Å². The molecule has 0 saturated carbocycles. The number of nitrogens with zero attached hydrogens (tertiary/aromatic N) is 1. The minimum atomic E-state index is -1.09. The minimum absolute atomic E-state index is 0.298. The number of aryl methyl sites for hydroxylation is 1. The lowest BCUT2D eigenvalue weighted by Crippen LogP contribution is -2.47. The third kappa shape index (κ3) is 3.12. The van der Waals surface area contributed by atoms with Crippen molar-refractivity contribution in [1.82, 2.24) is 10.2 Å². The van der Waals surface area contributed by atoms with E-state index >= 15 is 0 Å². The summed E-state index contributed by atoms with van der Waals surface area (Å²) in [5, 5.41) is 6.13. The molecule has 2 aliphatic rings. The van der Waals surface area contributed by atoms with Gasteiger partial charge in [0.1, 0.15) is 12.1 Å². The molecule has 28 heavy (non-hydrogen) atoms. The van der Waals surface area contributed by atoms with Gasteiger partial charge < -0.3 is 10.6 Å². The predicted molar refractivity (Wildman–Crippen MR) is 106 cm³/mol. The maximum Gasteiger partial charge on any atom is 0.325 e. The maximum absolute atomic E-state index is 13.2. The fourth-order valence-electron chi connectivity index (χ4n) is 3.87. The summed E-state index contributed by atoms with van der Waals surface area (Å²) in [5.41, 5.74) is 1.20. The van der Waals surface area contributed by atoms with E-state index in [1.807, 2.05) is 24.3 Å². The number of carbonyl (C=O) groups excluding carboxylic acids is 3. The van der Waals surface area contributed by atoms with Gasteiger partial charge in [-0.2, -0.15) is 0 Å². The number of carbonyl (C=O) groups is 3. The van der Waals surface area contributed by atoms with Crippen LogP contribution in [-0.2, 0) is 21.5 Å². The maximum atomic E-state index is 13.2. The van der Waals surface area contributed by atoms with Gasteiger partial charge in [0.15, 0.2) is 0 Å². The van der Waals surface area contributed by atoms with E-state index in [2.05, 4.69) is 10.6 Å². The topological polar surface area (TPSA) is 78.5 Å². The Morgan fingerprint density at radius 1 is 1.14 bits per heavy atom. The third-order valence-corrected chi connectivity index (χ3v) is 5.89. The van der Waals surface area contributed by atoms with Gasteiger partial charge in [-0.05, 0) is 48.6 Å². The first-order valence-corrected chi connectivity index (χ1v) is 9.64. The Hall–Kier alpha value is -2.57. The second-order valence-electron chi connectivity index (χ2n) is 6.91. The van der Waals surface area contributed by atoms with E-state index in [1.54, 1.807) is 12.1 Å². The van der Waals surface area contributed by atoms with Crippen LogP contribution < -0.4 is 10.6 Å². The zero-order valence-electron chi connectivity index (χ0n) is 14.8. The van der Waals surface area contributed by atoms with Crippen molar-refractivity contribution in [1.29, 1.82) is 0 Å². The van der Waals surface area contributed by atoms with Gasteiger partial charge in [-0.15, -0.1) is 0 Å². The molecule has 4 rings (SSSR count). The van der Waals surface area contributed by atoms with E-state index < -0.39 is 23.4 Å². The molecule has 8 heteroatoms. The van der Waals surface area contributed by atoms with Crippen LogP contribution in [0.4, 0.5) is 10.5 Å². The molecule has 4 amide bonds. The van der Waals surface area contributed by atoms with Crippen LogP contribution in [-0.4, -0.2) is 29.3 Å². The number of benzene rings is 2. The number of rotatable bonds is 3. The molecule has 1 fully saturated rings. The molecule has 144 valence electrons. The highest BCUT2D eigenvalue weighted by Crippen LogP contribution is 2.39. The molecule has 0 bridgehead atoms. The van der Waals surface area contributed by atoms with Crippen molar-refractivity contribution in [3.63, 3.8) is 0 Å². The summed E-state index contributed by atoms with van der Waals surface area (Å²) in [5.74, 6) is -0.892. The molecule has 1 atom stereocenters.